The van der Waals surface area contributed by atoms with Crippen LogP contribution in [-0.2, 0) is 13.1 Å². The molecular formula is C15H18N4O. The minimum Gasteiger partial charge on any atom is -0.338 e. The number of nitrogens with zero attached hydrogens (tertiary/aromatic N) is 3. The van der Waals surface area contributed by atoms with Gasteiger partial charge in [0.15, 0.2) is 5.82 Å². The van der Waals surface area contributed by atoms with Gasteiger partial charge in [-0.1, -0.05) is 31.1 Å². The molecule has 2 N–H and O–H groups in total. The van der Waals surface area contributed by atoms with Crippen LogP contribution in [0, 0.1) is 0 Å². The van der Waals surface area contributed by atoms with Gasteiger partial charge in [-0.2, -0.15) is 4.98 Å². The fraction of sp³-hybridized carbons (Fsp3) is 0.333. The normalized spacial score (nSPS) is 11.6. The van der Waals surface area contributed by atoms with E-state index in [1.807, 2.05) is 20.0 Å². The highest BCUT2D eigenvalue weighted by Gasteiger charge is 2.11. The summed E-state index contributed by atoms with van der Waals surface area (Å²) in [5, 5.41) is 5.18. The van der Waals surface area contributed by atoms with Crippen LogP contribution in [0.3, 0.4) is 0 Å². The molecule has 0 unspecified atom stereocenters. The molecule has 2 heterocycles. The number of hydrogen-bond donors (Lipinski definition) is 1. The summed E-state index contributed by atoms with van der Waals surface area (Å²) in [6.45, 7) is 5.22. The van der Waals surface area contributed by atoms with E-state index in [-0.39, 0.29) is 5.92 Å². The molecule has 2 aromatic heterocycles. The summed E-state index contributed by atoms with van der Waals surface area (Å²) in [5.41, 5.74) is 7.95. The van der Waals surface area contributed by atoms with Crippen molar-refractivity contribution in [2.45, 2.75) is 32.9 Å². The zero-order chi connectivity index (χ0) is 14.1. The SMILES string of the molecule is CC(C)c1noc(Cn2ccc3ccc(CN)cc32)n1. The molecule has 5 nitrogen and oxygen atoms in total. The first-order chi connectivity index (χ1) is 9.67. The second-order valence-corrected chi connectivity index (χ2v) is 5.24. The predicted molar refractivity (Wildman–Crippen MR) is 77.3 cm³/mol. The Bertz CT molecular complexity index is 726. The average Bonchev–Trinajstić information content (AvgIpc) is 3.06. The first-order valence-electron chi connectivity index (χ1n) is 6.77. The summed E-state index contributed by atoms with van der Waals surface area (Å²) in [4.78, 5) is 4.41. The van der Waals surface area contributed by atoms with E-state index in [9.17, 15) is 0 Å². The summed E-state index contributed by atoms with van der Waals surface area (Å²) >= 11 is 0. The number of nitrogens with two attached hydrogens (primary N) is 1. The largest absolute Gasteiger partial charge is 0.338 e. The van der Waals surface area contributed by atoms with Gasteiger partial charge in [-0.3, -0.25) is 0 Å². The molecule has 1 aromatic carbocycles. The molecule has 0 aliphatic rings. The summed E-state index contributed by atoms with van der Waals surface area (Å²) in [6.07, 6.45) is 2.03. The summed E-state index contributed by atoms with van der Waals surface area (Å²) in [7, 11) is 0. The van der Waals surface area contributed by atoms with Crippen molar-refractivity contribution in [1.82, 2.24) is 14.7 Å². The van der Waals surface area contributed by atoms with Crippen molar-refractivity contribution < 1.29 is 4.52 Å². The van der Waals surface area contributed by atoms with E-state index < -0.39 is 0 Å². The first kappa shape index (κ1) is 12.9. The molecule has 3 rings (SSSR count). The third kappa shape index (κ3) is 2.32. The van der Waals surface area contributed by atoms with E-state index in [0.717, 1.165) is 16.9 Å². The highest BCUT2D eigenvalue weighted by atomic mass is 16.5. The van der Waals surface area contributed by atoms with Gasteiger partial charge < -0.3 is 14.8 Å². The number of hydrogen-bond acceptors (Lipinski definition) is 4. The van der Waals surface area contributed by atoms with E-state index >= 15 is 0 Å². The van der Waals surface area contributed by atoms with Gasteiger partial charge in [-0.25, -0.2) is 0 Å². The fourth-order valence-corrected chi connectivity index (χ4v) is 2.21. The third-order valence-electron chi connectivity index (χ3n) is 3.38. The third-order valence-corrected chi connectivity index (χ3v) is 3.38. The molecule has 0 aliphatic heterocycles. The van der Waals surface area contributed by atoms with Crippen LogP contribution in [0.15, 0.2) is 35.0 Å². The molecule has 5 heteroatoms. The highest BCUT2D eigenvalue weighted by molar-refractivity contribution is 5.80. The molecule has 0 atom stereocenters. The average molecular weight is 270 g/mol. The standard InChI is InChI=1S/C15H18N4O/c1-10(2)15-17-14(20-18-15)9-19-6-5-12-4-3-11(8-16)7-13(12)19/h3-7,10H,8-9,16H2,1-2H3. The van der Waals surface area contributed by atoms with Gasteiger partial charge in [0.25, 0.3) is 0 Å². The first-order valence-corrected chi connectivity index (χ1v) is 6.77. The van der Waals surface area contributed by atoms with Crippen LogP contribution < -0.4 is 5.73 Å². The number of aromatic nitrogens is 3. The summed E-state index contributed by atoms with van der Waals surface area (Å²) in [6, 6.07) is 8.32. The van der Waals surface area contributed by atoms with Crippen LogP contribution in [0.25, 0.3) is 10.9 Å². The number of benzene rings is 1. The lowest BCUT2D eigenvalue weighted by molar-refractivity contribution is 0.366. The van der Waals surface area contributed by atoms with Gasteiger partial charge in [0.2, 0.25) is 5.89 Å². The Morgan fingerprint density at radius 3 is 2.85 bits per heavy atom. The smallest absolute Gasteiger partial charge is 0.246 e. The van der Waals surface area contributed by atoms with Crippen molar-refractivity contribution in [3.8, 4) is 0 Å². The Kier molecular flexibility index (Phi) is 3.28. The Morgan fingerprint density at radius 1 is 1.30 bits per heavy atom. The van der Waals surface area contributed by atoms with Crippen LogP contribution in [0.2, 0.25) is 0 Å². The van der Waals surface area contributed by atoms with Gasteiger partial charge in [-0.15, -0.1) is 0 Å². The lowest BCUT2D eigenvalue weighted by Gasteiger charge is -2.03. The number of fused-ring (bicyclic) bond motifs is 1. The maximum Gasteiger partial charge on any atom is 0.246 e. The van der Waals surface area contributed by atoms with Crippen molar-refractivity contribution in [3.05, 3.63) is 47.7 Å². The zero-order valence-corrected chi connectivity index (χ0v) is 11.7. The highest BCUT2D eigenvalue weighted by Crippen LogP contribution is 2.19. The molecule has 0 amide bonds. The second-order valence-electron chi connectivity index (χ2n) is 5.24. The van der Waals surface area contributed by atoms with Gasteiger partial charge in [0, 0.05) is 24.2 Å². The molecule has 0 bridgehead atoms. The fourth-order valence-electron chi connectivity index (χ4n) is 2.21. The van der Waals surface area contributed by atoms with Gasteiger partial charge in [0.05, 0.1) is 0 Å². The molecule has 3 aromatic rings. The summed E-state index contributed by atoms with van der Waals surface area (Å²) in [5.74, 6) is 1.65. The molecule has 0 spiro atoms. The van der Waals surface area contributed by atoms with Crippen molar-refractivity contribution in [1.29, 1.82) is 0 Å². The van der Waals surface area contributed by atoms with Crippen LogP contribution in [-0.4, -0.2) is 14.7 Å². The second kappa shape index (κ2) is 5.09. The van der Waals surface area contributed by atoms with Crippen molar-refractivity contribution >= 4 is 10.9 Å². The maximum atomic E-state index is 5.70. The van der Waals surface area contributed by atoms with E-state index in [0.29, 0.717) is 19.0 Å². The van der Waals surface area contributed by atoms with E-state index in [1.54, 1.807) is 0 Å². The topological polar surface area (TPSA) is 69.9 Å². The Balaban J connectivity index is 1.93. The Morgan fingerprint density at radius 2 is 2.15 bits per heavy atom. The van der Waals surface area contributed by atoms with E-state index in [2.05, 4.69) is 39.0 Å². The molecular weight excluding hydrogens is 252 g/mol. The van der Waals surface area contributed by atoms with Crippen molar-refractivity contribution in [2.75, 3.05) is 0 Å². The summed E-state index contributed by atoms with van der Waals surface area (Å²) < 4.78 is 7.40. The minimum atomic E-state index is 0.276. The maximum absolute atomic E-state index is 5.70. The molecule has 20 heavy (non-hydrogen) atoms. The van der Waals surface area contributed by atoms with Gasteiger partial charge in [-0.05, 0) is 23.1 Å². The molecule has 0 saturated heterocycles. The monoisotopic (exact) mass is 270 g/mol. The zero-order valence-electron chi connectivity index (χ0n) is 11.7. The van der Waals surface area contributed by atoms with Gasteiger partial charge in [0.1, 0.15) is 6.54 Å². The predicted octanol–water partition coefficient (Wildman–Crippen LogP) is 2.65. The Labute approximate surface area is 117 Å². The molecule has 0 radical (unpaired) electrons. The molecule has 0 saturated carbocycles. The van der Waals surface area contributed by atoms with Crippen LogP contribution in [0.1, 0.15) is 37.0 Å². The molecule has 0 fully saturated rings. The van der Waals surface area contributed by atoms with Gasteiger partial charge >= 0.3 is 0 Å². The van der Waals surface area contributed by atoms with Crippen molar-refractivity contribution in [3.63, 3.8) is 0 Å². The lowest BCUT2D eigenvalue weighted by Crippen LogP contribution is -2.00. The number of rotatable bonds is 4. The van der Waals surface area contributed by atoms with Crippen LogP contribution in [0.4, 0.5) is 0 Å². The van der Waals surface area contributed by atoms with E-state index in [1.165, 1.54) is 5.39 Å². The Hall–Kier alpha value is -2.14. The quantitative estimate of drug-likeness (QED) is 0.791. The molecule has 104 valence electrons. The molecule has 0 aliphatic carbocycles. The lowest BCUT2D eigenvalue weighted by atomic mass is 10.1. The van der Waals surface area contributed by atoms with Crippen LogP contribution >= 0.6 is 0 Å². The van der Waals surface area contributed by atoms with Crippen molar-refractivity contribution in [2.24, 2.45) is 5.73 Å². The van der Waals surface area contributed by atoms with Crippen LogP contribution in [0.5, 0.6) is 0 Å². The van der Waals surface area contributed by atoms with E-state index in [4.69, 9.17) is 10.3 Å². The minimum absolute atomic E-state index is 0.276.